The van der Waals surface area contributed by atoms with Crippen molar-refractivity contribution in [1.82, 2.24) is 0 Å². The molecule has 2 nitrogen and oxygen atoms in total. The standard InChI is InChI=1S/C71H49NO/c73-69-35-14-11-28-63(69)55-21-15-20-54(48-55)62-27-10-13-34-68(62)72(58-44-40-50(41-45-58)49-36-38-52(39-37-49)61-30-16-19-51-18-7-8-26-60(51)61)59-46-42-53(43-47-59)64-31-17-33-67-70(64)65-29-9-12-32-66(65)71(67,56-22-3-1-4-23-56)57-24-5-2-6-25-57/h1-48,73H. The van der Waals surface area contributed by atoms with Crippen LogP contribution in [0, 0.1) is 0 Å². The van der Waals surface area contributed by atoms with Gasteiger partial charge in [0.05, 0.1) is 11.1 Å². The SMILES string of the molecule is Oc1ccccc1-c1cccc(-c2ccccc2N(c2ccc(-c3ccc(-c4cccc5ccccc45)cc3)cc2)c2ccc(-c3cccc4c3-c3ccccc3C4(c3ccccc3)c3ccccc3)cc2)c1. The topological polar surface area (TPSA) is 23.5 Å². The molecule has 0 amide bonds. The van der Waals surface area contributed by atoms with E-state index in [1.165, 1.54) is 60.8 Å². The van der Waals surface area contributed by atoms with Crippen LogP contribution in [0.2, 0.25) is 0 Å². The average Bonchev–Trinajstić information content (AvgIpc) is 3.78. The first kappa shape index (κ1) is 43.5. The van der Waals surface area contributed by atoms with Crippen LogP contribution in [0.25, 0.3) is 77.5 Å². The average molecular weight is 932 g/mol. The van der Waals surface area contributed by atoms with Crippen molar-refractivity contribution in [2.75, 3.05) is 4.90 Å². The van der Waals surface area contributed by atoms with Gasteiger partial charge < -0.3 is 10.0 Å². The molecule has 1 aliphatic rings. The van der Waals surface area contributed by atoms with Crippen LogP contribution in [0.1, 0.15) is 22.3 Å². The van der Waals surface area contributed by atoms with Gasteiger partial charge in [0.1, 0.15) is 5.75 Å². The largest absolute Gasteiger partial charge is 0.507 e. The van der Waals surface area contributed by atoms with E-state index in [1.807, 2.05) is 18.2 Å². The van der Waals surface area contributed by atoms with Crippen molar-refractivity contribution in [2.24, 2.45) is 0 Å². The van der Waals surface area contributed by atoms with Gasteiger partial charge in [-0.05, 0) is 131 Å². The predicted molar refractivity (Wildman–Crippen MR) is 305 cm³/mol. The van der Waals surface area contributed by atoms with Gasteiger partial charge in [-0.2, -0.15) is 0 Å². The summed E-state index contributed by atoms with van der Waals surface area (Å²) in [5.41, 5.74) is 21.2. The fourth-order valence-corrected chi connectivity index (χ4v) is 11.6. The number of nitrogens with zero attached hydrogens (tertiary/aromatic N) is 1. The van der Waals surface area contributed by atoms with Gasteiger partial charge in [0.25, 0.3) is 0 Å². The van der Waals surface area contributed by atoms with Gasteiger partial charge >= 0.3 is 0 Å². The second-order valence-corrected chi connectivity index (χ2v) is 18.9. The van der Waals surface area contributed by atoms with Crippen LogP contribution >= 0.6 is 0 Å². The third-order valence-corrected chi connectivity index (χ3v) is 14.9. The Labute approximate surface area is 427 Å². The number of phenols is 1. The van der Waals surface area contributed by atoms with Gasteiger partial charge in [0, 0.05) is 22.5 Å². The molecular weight excluding hydrogens is 883 g/mol. The smallest absolute Gasteiger partial charge is 0.123 e. The molecule has 0 unspecified atom stereocenters. The maximum absolute atomic E-state index is 10.9. The molecule has 0 aliphatic heterocycles. The third-order valence-electron chi connectivity index (χ3n) is 14.9. The molecule has 12 aromatic carbocycles. The van der Waals surface area contributed by atoms with Gasteiger partial charge in [-0.3, -0.25) is 0 Å². The van der Waals surface area contributed by atoms with Crippen molar-refractivity contribution < 1.29 is 5.11 Å². The van der Waals surface area contributed by atoms with Crippen LogP contribution < -0.4 is 4.90 Å². The van der Waals surface area contributed by atoms with Crippen LogP contribution in [0.15, 0.2) is 291 Å². The van der Waals surface area contributed by atoms with E-state index in [9.17, 15) is 5.11 Å². The Hall–Kier alpha value is -9.50. The number of hydrogen-bond donors (Lipinski definition) is 1. The lowest BCUT2D eigenvalue weighted by Gasteiger charge is -2.34. The number of hydrogen-bond acceptors (Lipinski definition) is 2. The zero-order valence-corrected chi connectivity index (χ0v) is 40.1. The lowest BCUT2D eigenvalue weighted by molar-refractivity contribution is 0.477. The van der Waals surface area contributed by atoms with Gasteiger partial charge in [-0.15, -0.1) is 0 Å². The molecule has 0 saturated carbocycles. The van der Waals surface area contributed by atoms with Crippen LogP contribution in [-0.4, -0.2) is 5.11 Å². The third kappa shape index (κ3) is 7.51. The summed E-state index contributed by atoms with van der Waals surface area (Å²) in [7, 11) is 0. The number of anilines is 3. The molecule has 0 radical (unpaired) electrons. The summed E-state index contributed by atoms with van der Waals surface area (Å²) in [4.78, 5) is 2.37. The number of rotatable bonds is 10. The summed E-state index contributed by atoms with van der Waals surface area (Å²) < 4.78 is 0. The highest BCUT2D eigenvalue weighted by Crippen LogP contribution is 2.58. The monoisotopic (exact) mass is 931 g/mol. The van der Waals surface area contributed by atoms with E-state index >= 15 is 0 Å². The quantitative estimate of drug-likeness (QED) is 0.148. The first-order valence-electron chi connectivity index (χ1n) is 25.0. The van der Waals surface area contributed by atoms with Crippen molar-refractivity contribution in [3.8, 4) is 72.5 Å². The van der Waals surface area contributed by atoms with Crippen LogP contribution in [0.3, 0.4) is 0 Å². The Balaban J connectivity index is 0.923. The molecule has 0 bridgehead atoms. The highest BCUT2D eigenvalue weighted by atomic mass is 16.3. The van der Waals surface area contributed by atoms with Gasteiger partial charge in [-0.1, -0.05) is 249 Å². The van der Waals surface area contributed by atoms with E-state index in [1.54, 1.807) is 6.07 Å². The molecule has 0 aromatic heterocycles. The summed E-state index contributed by atoms with van der Waals surface area (Å²) in [6.07, 6.45) is 0. The summed E-state index contributed by atoms with van der Waals surface area (Å²) in [5, 5.41) is 13.4. The minimum Gasteiger partial charge on any atom is -0.507 e. The molecule has 1 aliphatic carbocycles. The minimum absolute atomic E-state index is 0.260. The Morgan fingerprint density at radius 3 is 1.44 bits per heavy atom. The maximum atomic E-state index is 10.9. The number of aromatic hydroxyl groups is 1. The number of para-hydroxylation sites is 2. The highest BCUT2D eigenvalue weighted by molar-refractivity contribution is 5.98. The van der Waals surface area contributed by atoms with E-state index in [0.717, 1.165) is 56.0 Å². The normalized spacial score (nSPS) is 12.3. The fraction of sp³-hybridized carbons (Fsp3) is 0.0141. The predicted octanol–water partition coefficient (Wildman–Crippen LogP) is 18.7. The molecule has 0 saturated heterocycles. The van der Waals surface area contributed by atoms with E-state index in [0.29, 0.717) is 0 Å². The zero-order valence-electron chi connectivity index (χ0n) is 40.1. The van der Waals surface area contributed by atoms with Gasteiger partial charge in [0.2, 0.25) is 0 Å². The van der Waals surface area contributed by atoms with Crippen molar-refractivity contribution >= 4 is 27.8 Å². The molecule has 2 heteroatoms. The highest BCUT2D eigenvalue weighted by Gasteiger charge is 2.46. The molecule has 0 heterocycles. The molecule has 13 rings (SSSR count). The fourth-order valence-electron chi connectivity index (χ4n) is 11.6. The van der Waals surface area contributed by atoms with Crippen LogP contribution in [0.4, 0.5) is 17.1 Å². The molecule has 344 valence electrons. The van der Waals surface area contributed by atoms with E-state index < -0.39 is 5.41 Å². The van der Waals surface area contributed by atoms with E-state index in [4.69, 9.17) is 0 Å². The lowest BCUT2D eigenvalue weighted by Crippen LogP contribution is -2.28. The molecule has 0 fully saturated rings. The summed E-state index contributed by atoms with van der Waals surface area (Å²) in [5.74, 6) is 0.260. The Kier molecular flexibility index (Phi) is 10.9. The molecule has 0 spiro atoms. The Bertz CT molecular complexity index is 3910. The second kappa shape index (κ2) is 18.4. The summed E-state index contributed by atoms with van der Waals surface area (Å²) in [6.45, 7) is 0. The molecule has 73 heavy (non-hydrogen) atoms. The maximum Gasteiger partial charge on any atom is 0.123 e. The second-order valence-electron chi connectivity index (χ2n) is 18.9. The number of phenolic OH excluding ortho intramolecular Hbond substituents is 1. The van der Waals surface area contributed by atoms with E-state index in [-0.39, 0.29) is 5.75 Å². The van der Waals surface area contributed by atoms with Crippen molar-refractivity contribution in [3.05, 3.63) is 313 Å². The number of fused-ring (bicyclic) bond motifs is 4. The van der Waals surface area contributed by atoms with Crippen LogP contribution in [0.5, 0.6) is 5.75 Å². The van der Waals surface area contributed by atoms with Crippen molar-refractivity contribution in [3.63, 3.8) is 0 Å². The summed E-state index contributed by atoms with van der Waals surface area (Å²) >= 11 is 0. The summed E-state index contributed by atoms with van der Waals surface area (Å²) in [6, 6.07) is 105. The Morgan fingerprint density at radius 1 is 0.288 bits per heavy atom. The number of benzene rings is 12. The van der Waals surface area contributed by atoms with Crippen molar-refractivity contribution in [1.29, 1.82) is 0 Å². The van der Waals surface area contributed by atoms with Crippen molar-refractivity contribution in [2.45, 2.75) is 5.41 Å². The first-order valence-corrected chi connectivity index (χ1v) is 25.0. The molecule has 1 N–H and O–H groups in total. The van der Waals surface area contributed by atoms with Crippen LogP contribution in [-0.2, 0) is 5.41 Å². The lowest BCUT2D eigenvalue weighted by atomic mass is 9.67. The van der Waals surface area contributed by atoms with E-state index in [2.05, 4.69) is 272 Å². The minimum atomic E-state index is -0.480. The van der Waals surface area contributed by atoms with Gasteiger partial charge in [-0.25, -0.2) is 0 Å². The van der Waals surface area contributed by atoms with Gasteiger partial charge in [0.15, 0.2) is 0 Å². The molecular formula is C71H49NO. The molecule has 0 atom stereocenters. The Morgan fingerprint density at radius 2 is 0.740 bits per heavy atom. The first-order chi connectivity index (χ1) is 36.1. The zero-order chi connectivity index (χ0) is 48.7. The molecule has 12 aromatic rings.